The minimum atomic E-state index is -0.242. The zero-order chi connectivity index (χ0) is 14.1. The normalized spacial score (nSPS) is 20.4. The van der Waals surface area contributed by atoms with Crippen LogP contribution in [0.3, 0.4) is 0 Å². The van der Waals surface area contributed by atoms with Crippen molar-refractivity contribution in [2.75, 3.05) is 11.7 Å². The molecule has 2 N–H and O–H groups in total. The van der Waals surface area contributed by atoms with Crippen LogP contribution in [0, 0.1) is 6.92 Å². The maximum absolute atomic E-state index is 6.10. The third kappa shape index (κ3) is 2.44. The highest BCUT2D eigenvalue weighted by Crippen LogP contribution is 2.27. The summed E-state index contributed by atoms with van der Waals surface area (Å²) in [4.78, 5) is 12.2. The molecule has 1 saturated heterocycles. The molecule has 1 atom stereocenters. The fourth-order valence-corrected chi connectivity index (χ4v) is 2.00. The topological polar surface area (TPSA) is 74.6 Å². The highest BCUT2D eigenvalue weighted by Gasteiger charge is 2.36. The Hall–Kier alpha value is -1.80. The van der Waals surface area contributed by atoms with Gasteiger partial charge in [0.05, 0.1) is 5.69 Å². The predicted molar refractivity (Wildman–Crippen MR) is 75.2 cm³/mol. The Morgan fingerprint density at radius 1 is 1.60 bits per heavy atom. The van der Waals surface area contributed by atoms with Crippen LogP contribution in [0.25, 0.3) is 0 Å². The number of hydrogen-bond donors (Lipinski definition) is 2. The molecule has 0 aromatic heterocycles. The maximum Gasteiger partial charge on any atom is 0.336 e. The lowest BCUT2D eigenvalue weighted by atomic mass is 10.2. The Bertz CT molecular complexity index is 561. The molecule has 2 aliphatic rings. The number of anilines is 1. The van der Waals surface area contributed by atoms with Gasteiger partial charge in [-0.15, -0.1) is 12.1 Å². The van der Waals surface area contributed by atoms with E-state index in [1.807, 2.05) is 25.1 Å². The SMILES string of the molecule is C=CCN(C1=NN(c2cccc(Cl)c2C)NO1)C1NO1. The number of hydrazone groups is 1. The lowest BCUT2D eigenvalue weighted by molar-refractivity contribution is 0.148. The highest BCUT2D eigenvalue weighted by molar-refractivity contribution is 6.31. The van der Waals surface area contributed by atoms with Crippen molar-refractivity contribution in [3.63, 3.8) is 0 Å². The van der Waals surface area contributed by atoms with Crippen molar-refractivity contribution < 1.29 is 9.68 Å². The molecule has 2 heterocycles. The lowest BCUT2D eigenvalue weighted by Crippen LogP contribution is -2.36. The van der Waals surface area contributed by atoms with Gasteiger partial charge in [-0.05, 0) is 30.2 Å². The Morgan fingerprint density at radius 2 is 2.40 bits per heavy atom. The summed E-state index contributed by atoms with van der Waals surface area (Å²) in [5.41, 5.74) is 7.17. The molecule has 1 aromatic rings. The van der Waals surface area contributed by atoms with E-state index >= 15 is 0 Å². The fourth-order valence-electron chi connectivity index (χ4n) is 1.83. The summed E-state index contributed by atoms with van der Waals surface area (Å²) in [5, 5.41) is 6.55. The Balaban J connectivity index is 1.83. The van der Waals surface area contributed by atoms with Gasteiger partial charge in [0.2, 0.25) is 6.35 Å². The Kier molecular flexibility index (Phi) is 3.49. The van der Waals surface area contributed by atoms with E-state index in [1.165, 1.54) is 5.12 Å². The molecule has 1 aromatic carbocycles. The lowest BCUT2D eigenvalue weighted by Gasteiger charge is -2.15. The van der Waals surface area contributed by atoms with Crippen LogP contribution >= 0.6 is 11.6 Å². The molecule has 0 bridgehead atoms. The summed E-state index contributed by atoms with van der Waals surface area (Å²) in [6, 6.07) is 5.97. The molecule has 3 rings (SSSR count). The van der Waals surface area contributed by atoms with Crippen LogP contribution in [0.4, 0.5) is 5.69 Å². The molecule has 0 radical (unpaired) electrons. The molecule has 7 nitrogen and oxygen atoms in total. The average molecular weight is 296 g/mol. The van der Waals surface area contributed by atoms with Gasteiger partial charge in [0, 0.05) is 11.6 Å². The second kappa shape index (κ2) is 5.29. The summed E-state index contributed by atoms with van der Waals surface area (Å²) in [7, 11) is 0. The first-order valence-electron chi connectivity index (χ1n) is 6.06. The summed E-state index contributed by atoms with van der Waals surface area (Å²) >= 11 is 6.10. The van der Waals surface area contributed by atoms with E-state index in [1.54, 1.807) is 11.0 Å². The van der Waals surface area contributed by atoms with E-state index in [4.69, 9.17) is 21.3 Å². The van der Waals surface area contributed by atoms with Gasteiger partial charge >= 0.3 is 6.02 Å². The molecule has 0 spiro atoms. The maximum atomic E-state index is 6.10. The van der Waals surface area contributed by atoms with Crippen LogP contribution in [-0.4, -0.2) is 23.8 Å². The van der Waals surface area contributed by atoms with Crippen molar-refractivity contribution >= 4 is 23.3 Å². The smallest absolute Gasteiger partial charge is 0.336 e. The standard InChI is InChI=1S/C12H14ClN5O2/c1-3-7-17(12-15-19-12)11-14-18(16-20-11)10-6-4-5-9(13)8(10)2/h3-6,12,15-16H,1,7H2,2H3. The molecular weight excluding hydrogens is 282 g/mol. The second-order valence-corrected chi connectivity index (χ2v) is 4.71. The van der Waals surface area contributed by atoms with E-state index in [-0.39, 0.29) is 6.35 Å². The number of nitrogens with one attached hydrogen (secondary N) is 2. The molecule has 0 aliphatic carbocycles. The molecular formula is C12H14ClN5O2. The van der Waals surface area contributed by atoms with Crippen molar-refractivity contribution in [2.24, 2.45) is 5.10 Å². The van der Waals surface area contributed by atoms with E-state index in [0.717, 1.165) is 11.3 Å². The average Bonchev–Trinajstić information content (AvgIpc) is 3.17. The van der Waals surface area contributed by atoms with Crippen LogP contribution in [-0.2, 0) is 9.68 Å². The van der Waals surface area contributed by atoms with Crippen LogP contribution in [0.5, 0.6) is 0 Å². The molecule has 20 heavy (non-hydrogen) atoms. The Labute approximate surface area is 121 Å². The predicted octanol–water partition coefficient (Wildman–Crippen LogP) is 1.48. The van der Waals surface area contributed by atoms with Gasteiger partial charge in [-0.2, -0.15) is 5.12 Å². The molecule has 1 unspecified atom stereocenters. The number of rotatable bonds is 4. The number of hydrogen-bond acceptors (Lipinski definition) is 7. The summed E-state index contributed by atoms with van der Waals surface area (Å²) in [5.74, 6) is 0. The number of nitrogens with zero attached hydrogens (tertiary/aromatic N) is 3. The van der Waals surface area contributed by atoms with Gasteiger partial charge in [-0.3, -0.25) is 9.74 Å². The molecule has 8 heteroatoms. The van der Waals surface area contributed by atoms with Gasteiger partial charge in [0.1, 0.15) is 0 Å². The van der Waals surface area contributed by atoms with Crippen molar-refractivity contribution in [1.29, 1.82) is 0 Å². The van der Waals surface area contributed by atoms with Crippen LogP contribution in [0.1, 0.15) is 5.56 Å². The zero-order valence-electron chi connectivity index (χ0n) is 10.8. The minimum absolute atomic E-state index is 0.242. The summed E-state index contributed by atoms with van der Waals surface area (Å²) in [6.45, 7) is 6.16. The third-order valence-corrected chi connectivity index (χ3v) is 3.36. The van der Waals surface area contributed by atoms with E-state index in [9.17, 15) is 0 Å². The van der Waals surface area contributed by atoms with Gasteiger partial charge in [0.15, 0.2) is 0 Å². The first kappa shape index (κ1) is 13.2. The zero-order valence-corrected chi connectivity index (χ0v) is 11.6. The van der Waals surface area contributed by atoms with E-state index < -0.39 is 0 Å². The van der Waals surface area contributed by atoms with E-state index in [0.29, 0.717) is 17.6 Å². The first-order chi connectivity index (χ1) is 9.70. The number of halogens is 1. The van der Waals surface area contributed by atoms with Gasteiger partial charge in [0.25, 0.3) is 0 Å². The highest BCUT2D eigenvalue weighted by atomic mass is 35.5. The molecule has 1 fully saturated rings. The molecule has 0 amide bonds. The van der Waals surface area contributed by atoms with Crippen molar-refractivity contribution in [1.82, 2.24) is 16.0 Å². The molecule has 2 aliphatic heterocycles. The molecule has 106 valence electrons. The number of benzene rings is 1. The number of amidine groups is 1. The van der Waals surface area contributed by atoms with Crippen LogP contribution in [0.2, 0.25) is 5.02 Å². The number of hydroxylamine groups is 1. The van der Waals surface area contributed by atoms with Crippen molar-refractivity contribution in [2.45, 2.75) is 13.3 Å². The molecule has 0 saturated carbocycles. The second-order valence-electron chi connectivity index (χ2n) is 4.30. The fraction of sp³-hybridized carbons (Fsp3) is 0.250. The quantitative estimate of drug-likeness (QED) is 0.647. The monoisotopic (exact) mass is 295 g/mol. The van der Waals surface area contributed by atoms with Crippen molar-refractivity contribution in [3.05, 3.63) is 41.4 Å². The third-order valence-electron chi connectivity index (χ3n) is 2.95. The Morgan fingerprint density at radius 3 is 3.10 bits per heavy atom. The van der Waals surface area contributed by atoms with Gasteiger partial charge in [-0.1, -0.05) is 28.8 Å². The first-order valence-corrected chi connectivity index (χ1v) is 6.43. The van der Waals surface area contributed by atoms with Crippen LogP contribution in [0.15, 0.2) is 36.0 Å². The number of hydrazine groups is 1. The summed E-state index contributed by atoms with van der Waals surface area (Å²) < 4.78 is 0. The van der Waals surface area contributed by atoms with Crippen molar-refractivity contribution in [3.8, 4) is 0 Å². The van der Waals surface area contributed by atoms with Crippen LogP contribution < -0.4 is 16.2 Å². The minimum Gasteiger partial charge on any atom is -0.347 e. The van der Waals surface area contributed by atoms with E-state index in [2.05, 4.69) is 22.7 Å². The van der Waals surface area contributed by atoms with Gasteiger partial charge in [-0.25, -0.2) is 0 Å². The summed E-state index contributed by atoms with van der Waals surface area (Å²) in [6.07, 6.45) is 1.50. The van der Waals surface area contributed by atoms with Gasteiger partial charge < -0.3 is 4.84 Å². The largest absolute Gasteiger partial charge is 0.347 e.